The van der Waals surface area contributed by atoms with Gasteiger partial charge in [-0.3, -0.25) is 0 Å². The highest BCUT2D eigenvalue weighted by molar-refractivity contribution is 4.55. The van der Waals surface area contributed by atoms with Crippen molar-refractivity contribution in [2.45, 2.75) is 13.0 Å². The summed E-state index contributed by atoms with van der Waals surface area (Å²) in [4.78, 5) is 9.41. The maximum Gasteiger partial charge on any atom is 0.101 e. The standard InChI is InChI=1S/C3H8N2O/c1-3(2-4)5-6/h3H,2,4H2,1H3/t3-/m1/s1. The molecule has 0 bridgehead atoms. The van der Waals surface area contributed by atoms with Gasteiger partial charge in [0, 0.05) is 6.54 Å². The SMILES string of the molecule is C[C@H](CN)N=O. The second kappa shape index (κ2) is 2.78. The zero-order chi connectivity index (χ0) is 4.99. The predicted molar refractivity (Wildman–Crippen MR) is 24.3 cm³/mol. The Morgan fingerprint density at radius 3 is 2.50 bits per heavy atom. The van der Waals surface area contributed by atoms with Crippen molar-refractivity contribution in [3.05, 3.63) is 4.91 Å². The van der Waals surface area contributed by atoms with E-state index in [1.807, 2.05) is 0 Å². The van der Waals surface area contributed by atoms with Gasteiger partial charge in [-0.05, 0) is 6.92 Å². The predicted octanol–water partition coefficient (Wildman–Crippen LogP) is 0.100. The lowest BCUT2D eigenvalue weighted by Gasteiger charge is -1.88. The maximum absolute atomic E-state index is 9.41. The van der Waals surface area contributed by atoms with E-state index in [1.54, 1.807) is 6.92 Å². The summed E-state index contributed by atoms with van der Waals surface area (Å²) in [5.74, 6) is 0. The van der Waals surface area contributed by atoms with Gasteiger partial charge in [0.15, 0.2) is 0 Å². The summed E-state index contributed by atoms with van der Waals surface area (Å²) in [6.45, 7) is 2.02. The summed E-state index contributed by atoms with van der Waals surface area (Å²) < 4.78 is 0. The van der Waals surface area contributed by atoms with Crippen LogP contribution in [-0.2, 0) is 0 Å². The number of nitrogens with zero attached hydrogens (tertiary/aromatic N) is 1. The average molecular weight is 88.1 g/mol. The van der Waals surface area contributed by atoms with Crippen LogP contribution in [-0.4, -0.2) is 12.6 Å². The molecule has 36 valence electrons. The quantitative estimate of drug-likeness (QED) is 0.487. The minimum Gasteiger partial charge on any atom is -0.328 e. The first-order valence-corrected chi connectivity index (χ1v) is 1.83. The second-order valence-electron chi connectivity index (χ2n) is 1.19. The Balaban J connectivity index is 2.96. The van der Waals surface area contributed by atoms with Crippen molar-refractivity contribution >= 4 is 0 Å². The van der Waals surface area contributed by atoms with E-state index in [4.69, 9.17) is 5.73 Å². The Bertz CT molecular complexity index is 46.1. The highest BCUT2D eigenvalue weighted by Gasteiger charge is 1.90. The van der Waals surface area contributed by atoms with E-state index in [9.17, 15) is 4.91 Å². The number of nitroso groups, excluding NO2 is 1. The van der Waals surface area contributed by atoms with Gasteiger partial charge >= 0.3 is 0 Å². The molecular weight excluding hydrogens is 80.0 g/mol. The first-order valence-electron chi connectivity index (χ1n) is 1.83. The van der Waals surface area contributed by atoms with Crippen LogP contribution < -0.4 is 5.73 Å². The lowest BCUT2D eigenvalue weighted by molar-refractivity contribution is 0.748. The van der Waals surface area contributed by atoms with E-state index in [-0.39, 0.29) is 6.04 Å². The third-order valence-electron chi connectivity index (χ3n) is 0.521. The zero-order valence-electron chi connectivity index (χ0n) is 3.72. The van der Waals surface area contributed by atoms with Gasteiger partial charge in [0.05, 0.1) is 0 Å². The fraction of sp³-hybridized carbons (Fsp3) is 1.00. The molecule has 0 aromatic rings. The Kier molecular flexibility index (Phi) is 2.58. The molecule has 0 radical (unpaired) electrons. The fourth-order valence-corrected chi connectivity index (χ4v) is 0.0430. The molecule has 0 aromatic carbocycles. The molecule has 0 amide bonds. The van der Waals surface area contributed by atoms with Crippen molar-refractivity contribution in [2.75, 3.05) is 6.54 Å². The van der Waals surface area contributed by atoms with Crippen molar-refractivity contribution in [1.29, 1.82) is 0 Å². The Morgan fingerprint density at radius 1 is 2.00 bits per heavy atom. The second-order valence-corrected chi connectivity index (χ2v) is 1.19. The van der Waals surface area contributed by atoms with E-state index >= 15 is 0 Å². The number of nitrogens with two attached hydrogens (primary N) is 1. The molecule has 0 rings (SSSR count). The highest BCUT2D eigenvalue weighted by atomic mass is 16.3. The third-order valence-corrected chi connectivity index (χ3v) is 0.521. The summed E-state index contributed by atoms with van der Waals surface area (Å²) in [7, 11) is 0. The summed E-state index contributed by atoms with van der Waals surface area (Å²) in [5, 5.41) is 2.63. The van der Waals surface area contributed by atoms with Gasteiger partial charge < -0.3 is 5.73 Å². The Labute approximate surface area is 36.5 Å². The van der Waals surface area contributed by atoms with E-state index < -0.39 is 0 Å². The van der Waals surface area contributed by atoms with Gasteiger partial charge in [0.2, 0.25) is 0 Å². The van der Waals surface area contributed by atoms with E-state index in [2.05, 4.69) is 5.18 Å². The molecule has 0 unspecified atom stereocenters. The fourth-order valence-electron chi connectivity index (χ4n) is 0.0430. The van der Waals surface area contributed by atoms with Crippen LogP contribution in [0.5, 0.6) is 0 Å². The van der Waals surface area contributed by atoms with Crippen LogP contribution in [0.2, 0.25) is 0 Å². The normalized spacial score (nSPS) is 13.7. The van der Waals surface area contributed by atoms with E-state index in [1.165, 1.54) is 0 Å². The van der Waals surface area contributed by atoms with Gasteiger partial charge in [-0.1, -0.05) is 5.18 Å². The topological polar surface area (TPSA) is 55.4 Å². The lowest BCUT2D eigenvalue weighted by Crippen LogP contribution is -2.12. The van der Waals surface area contributed by atoms with E-state index in [0.29, 0.717) is 6.54 Å². The molecule has 0 aliphatic carbocycles. The van der Waals surface area contributed by atoms with Gasteiger partial charge in [0.25, 0.3) is 0 Å². The zero-order valence-corrected chi connectivity index (χ0v) is 3.72. The van der Waals surface area contributed by atoms with Crippen molar-refractivity contribution in [2.24, 2.45) is 10.9 Å². The van der Waals surface area contributed by atoms with Crippen LogP contribution in [0.4, 0.5) is 0 Å². The van der Waals surface area contributed by atoms with Crippen LogP contribution in [0.1, 0.15) is 6.92 Å². The molecule has 0 saturated carbocycles. The smallest absolute Gasteiger partial charge is 0.101 e. The van der Waals surface area contributed by atoms with Gasteiger partial charge in [-0.15, -0.1) is 0 Å². The molecule has 2 N–H and O–H groups in total. The minimum atomic E-state index is -0.218. The molecule has 0 aromatic heterocycles. The van der Waals surface area contributed by atoms with Gasteiger partial charge in [0.1, 0.15) is 6.04 Å². The van der Waals surface area contributed by atoms with Crippen molar-refractivity contribution < 1.29 is 0 Å². The largest absolute Gasteiger partial charge is 0.328 e. The van der Waals surface area contributed by atoms with Gasteiger partial charge in [-0.2, -0.15) is 4.91 Å². The van der Waals surface area contributed by atoms with Gasteiger partial charge in [-0.25, -0.2) is 0 Å². The Morgan fingerprint density at radius 2 is 2.50 bits per heavy atom. The van der Waals surface area contributed by atoms with Crippen molar-refractivity contribution in [3.63, 3.8) is 0 Å². The molecular formula is C3H8N2O. The minimum absolute atomic E-state index is 0.218. The van der Waals surface area contributed by atoms with Crippen molar-refractivity contribution in [3.8, 4) is 0 Å². The number of hydrogen-bond acceptors (Lipinski definition) is 3. The summed E-state index contributed by atoms with van der Waals surface area (Å²) in [6, 6.07) is -0.218. The summed E-state index contributed by atoms with van der Waals surface area (Å²) >= 11 is 0. The Hall–Kier alpha value is -0.440. The molecule has 0 aliphatic heterocycles. The first-order chi connectivity index (χ1) is 2.81. The number of hydrogen-bond donors (Lipinski definition) is 1. The molecule has 3 nitrogen and oxygen atoms in total. The van der Waals surface area contributed by atoms with Crippen LogP contribution >= 0.6 is 0 Å². The van der Waals surface area contributed by atoms with Crippen LogP contribution in [0.25, 0.3) is 0 Å². The molecule has 0 spiro atoms. The molecule has 0 saturated heterocycles. The highest BCUT2D eigenvalue weighted by Crippen LogP contribution is 1.78. The lowest BCUT2D eigenvalue weighted by atomic mass is 10.4. The first kappa shape index (κ1) is 5.56. The molecule has 0 fully saturated rings. The summed E-state index contributed by atoms with van der Waals surface area (Å²) in [5.41, 5.74) is 4.99. The average Bonchev–Trinajstić information content (AvgIpc) is 1.65. The third kappa shape index (κ3) is 1.84. The molecule has 1 atom stereocenters. The molecule has 3 heteroatoms. The van der Waals surface area contributed by atoms with Crippen LogP contribution in [0, 0.1) is 4.91 Å². The molecule has 6 heavy (non-hydrogen) atoms. The number of rotatable bonds is 2. The van der Waals surface area contributed by atoms with Crippen LogP contribution in [0.15, 0.2) is 5.18 Å². The van der Waals surface area contributed by atoms with E-state index in [0.717, 1.165) is 0 Å². The molecule has 0 aliphatic rings. The summed E-state index contributed by atoms with van der Waals surface area (Å²) in [6.07, 6.45) is 0. The maximum atomic E-state index is 9.41. The monoisotopic (exact) mass is 88.1 g/mol. The van der Waals surface area contributed by atoms with Crippen LogP contribution in [0.3, 0.4) is 0 Å². The molecule has 0 heterocycles. The van der Waals surface area contributed by atoms with Crippen molar-refractivity contribution in [1.82, 2.24) is 0 Å².